The molecular formula is C21H30N4O2. The number of likely N-dealkylation sites (tertiary alicyclic amines) is 1. The molecule has 2 aromatic rings. The summed E-state index contributed by atoms with van der Waals surface area (Å²) >= 11 is 0. The Hall–Kier alpha value is -2.37. The Labute approximate surface area is 161 Å². The predicted octanol–water partition coefficient (Wildman–Crippen LogP) is 3.55. The highest BCUT2D eigenvalue weighted by Crippen LogP contribution is 2.26. The van der Waals surface area contributed by atoms with E-state index in [1.807, 2.05) is 24.8 Å². The third kappa shape index (κ3) is 5.08. The monoisotopic (exact) mass is 370 g/mol. The molecule has 1 aliphatic heterocycles. The standard InChI is InChI=1S/C21H30N4O2/c1-4-27-19-9-8-17(14-15(19)2)6-5-7-20(26)25-12-10-18(11-13-25)21-22-16(3)23-24-21/h8-9,14,18H,4-7,10-13H2,1-3H3,(H,22,23,24). The van der Waals surface area contributed by atoms with Gasteiger partial charge in [0.15, 0.2) is 5.82 Å². The number of aromatic nitrogens is 3. The summed E-state index contributed by atoms with van der Waals surface area (Å²) in [6.07, 6.45) is 4.30. The first-order chi connectivity index (χ1) is 13.1. The van der Waals surface area contributed by atoms with Crippen molar-refractivity contribution in [2.75, 3.05) is 19.7 Å². The van der Waals surface area contributed by atoms with Crippen molar-refractivity contribution in [2.24, 2.45) is 0 Å². The molecule has 1 aromatic carbocycles. The van der Waals surface area contributed by atoms with E-state index >= 15 is 0 Å². The van der Waals surface area contributed by atoms with E-state index in [0.29, 0.717) is 18.9 Å². The Bertz CT molecular complexity index is 763. The van der Waals surface area contributed by atoms with Crippen LogP contribution >= 0.6 is 0 Å². The van der Waals surface area contributed by atoms with Crippen molar-refractivity contribution in [1.29, 1.82) is 0 Å². The fourth-order valence-electron chi connectivity index (χ4n) is 3.72. The first-order valence-corrected chi connectivity index (χ1v) is 9.95. The molecule has 1 saturated heterocycles. The van der Waals surface area contributed by atoms with Gasteiger partial charge in [-0.2, -0.15) is 5.10 Å². The molecule has 27 heavy (non-hydrogen) atoms. The number of H-pyrrole nitrogens is 1. The van der Waals surface area contributed by atoms with Gasteiger partial charge in [-0.25, -0.2) is 4.98 Å². The number of carbonyl (C=O) groups is 1. The highest BCUT2D eigenvalue weighted by Gasteiger charge is 2.25. The molecule has 1 aromatic heterocycles. The zero-order valence-electron chi connectivity index (χ0n) is 16.6. The zero-order valence-corrected chi connectivity index (χ0v) is 16.6. The van der Waals surface area contributed by atoms with Crippen LogP contribution in [0.3, 0.4) is 0 Å². The first-order valence-electron chi connectivity index (χ1n) is 9.95. The molecule has 0 unspecified atom stereocenters. The number of nitrogens with one attached hydrogen (secondary N) is 1. The minimum Gasteiger partial charge on any atom is -0.494 e. The van der Waals surface area contributed by atoms with Crippen LogP contribution in [-0.4, -0.2) is 45.7 Å². The van der Waals surface area contributed by atoms with E-state index in [0.717, 1.165) is 61.7 Å². The number of rotatable bonds is 7. The molecule has 3 rings (SSSR count). The Morgan fingerprint density at radius 2 is 2.07 bits per heavy atom. The summed E-state index contributed by atoms with van der Waals surface area (Å²) in [5, 5.41) is 7.18. The third-order valence-corrected chi connectivity index (χ3v) is 5.22. The molecule has 0 saturated carbocycles. The van der Waals surface area contributed by atoms with E-state index in [2.05, 4.69) is 34.2 Å². The number of amides is 1. The number of aromatic amines is 1. The van der Waals surface area contributed by atoms with Crippen molar-refractivity contribution < 1.29 is 9.53 Å². The van der Waals surface area contributed by atoms with Crippen LogP contribution in [0.5, 0.6) is 5.75 Å². The maximum Gasteiger partial charge on any atom is 0.222 e. The largest absolute Gasteiger partial charge is 0.494 e. The topological polar surface area (TPSA) is 71.1 Å². The quantitative estimate of drug-likeness (QED) is 0.809. The molecule has 1 N–H and O–H groups in total. The lowest BCUT2D eigenvalue weighted by Gasteiger charge is -2.30. The Morgan fingerprint density at radius 3 is 2.70 bits per heavy atom. The van der Waals surface area contributed by atoms with E-state index in [1.54, 1.807) is 0 Å². The summed E-state index contributed by atoms with van der Waals surface area (Å²) in [5.74, 6) is 3.33. The van der Waals surface area contributed by atoms with E-state index in [9.17, 15) is 4.79 Å². The van der Waals surface area contributed by atoms with Crippen LogP contribution in [0.25, 0.3) is 0 Å². The van der Waals surface area contributed by atoms with Crippen LogP contribution in [0.4, 0.5) is 0 Å². The third-order valence-electron chi connectivity index (χ3n) is 5.22. The summed E-state index contributed by atoms with van der Waals surface area (Å²) in [5.41, 5.74) is 2.42. The van der Waals surface area contributed by atoms with Crippen LogP contribution < -0.4 is 4.74 Å². The molecule has 6 nitrogen and oxygen atoms in total. The molecule has 0 aliphatic carbocycles. The molecule has 0 radical (unpaired) electrons. The smallest absolute Gasteiger partial charge is 0.222 e. The highest BCUT2D eigenvalue weighted by atomic mass is 16.5. The second kappa shape index (κ2) is 9.02. The second-order valence-electron chi connectivity index (χ2n) is 7.32. The van der Waals surface area contributed by atoms with E-state index in [4.69, 9.17) is 4.74 Å². The maximum absolute atomic E-state index is 12.5. The van der Waals surface area contributed by atoms with Crippen molar-refractivity contribution in [1.82, 2.24) is 20.1 Å². The lowest BCUT2D eigenvalue weighted by molar-refractivity contribution is -0.132. The van der Waals surface area contributed by atoms with Crippen molar-refractivity contribution >= 4 is 5.91 Å². The lowest BCUT2D eigenvalue weighted by Crippen LogP contribution is -2.38. The molecule has 6 heteroatoms. The average molecular weight is 370 g/mol. The fraction of sp³-hybridized carbons (Fsp3) is 0.571. The van der Waals surface area contributed by atoms with Crippen molar-refractivity contribution in [3.05, 3.63) is 41.0 Å². The number of ether oxygens (including phenoxy) is 1. The normalized spacial score (nSPS) is 15.1. The summed E-state index contributed by atoms with van der Waals surface area (Å²) in [7, 11) is 0. The van der Waals surface area contributed by atoms with Gasteiger partial charge >= 0.3 is 0 Å². The molecule has 0 spiro atoms. The van der Waals surface area contributed by atoms with E-state index in [1.165, 1.54) is 5.56 Å². The van der Waals surface area contributed by atoms with Crippen LogP contribution in [-0.2, 0) is 11.2 Å². The maximum atomic E-state index is 12.5. The number of aryl methyl sites for hydroxylation is 3. The average Bonchev–Trinajstić information content (AvgIpc) is 3.10. The van der Waals surface area contributed by atoms with Gasteiger partial charge in [-0.1, -0.05) is 12.1 Å². The molecule has 1 fully saturated rings. The fourth-order valence-corrected chi connectivity index (χ4v) is 3.72. The molecule has 0 bridgehead atoms. The highest BCUT2D eigenvalue weighted by molar-refractivity contribution is 5.76. The molecule has 2 heterocycles. The predicted molar refractivity (Wildman–Crippen MR) is 105 cm³/mol. The van der Waals surface area contributed by atoms with Gasteiger partial charge in [-0.05, 0) is 63.6 Å². The van der Waals surface area contributed by atoms with Crippen molar-refractivity contribution in [3.8, 4) is 5.75 Å². The Morgan fingerprint density at radius 1 is 1.30 bits per heavy atom. The number of nitrogens with zero attached hydrogens (tertiary/aromatic N) is 3. The summed E-state index contributed by atoms with van der Waals surface area (Å²) in [6, 6.07) is 6.30. The Balaban J connectivity index is 1.42. The number of piperidine rings is 1. The van der Waals surface area contributed by atoms with Crippen LogP contribution in [0.1, 0.15) is 61.3 Å². The van der Waals surface area contributed by atoms with Gasteiger partial charge in [0.2, 0.25) is 5.91 Å². The van der Waals surface area contributed by atoms with E-state index in [-0.39, 0.29) is 5.91 Å². The van der Waals surface area contributed by atoms with Crippen LogP contribution in [0.15, 0.2) is 18.2 Å². The van der Waals surface area contributed by atoms with Gasteiger partial charge in [0.1, 0.15) is 11.6 Å². The summed E-state index contributed by atoms with van der Waals surface area (Å²) < 4.78 is 5.58. The number of hydrogen-bond donors (Lipinski definition) is 1. The SMILES string of the molecule is CCOc1ccc(CCCC(=O)N2CCC(c3n[nH]c(C)n3)CC2)cc1C. The minimum absolute atomic E-state index is 0.266. The Kier molecular flexibility index (Phi) is 6.48. The van der Waals surface area contributed by atoms with Gasteiger partial charge in [-0.15, -0.1) is 0 Å². The molecule has 1 aliphatic rings. The summed E-state index contributed by atoms with van der Waals surface area (Å²) in [6.45, 7) is 8.27. The molecule has 0 atom stereocenters. The first kappa shape index (κ1) is 19.4. The van der Waals surface area contributed by atoms with Gasteiger partial charge in [0.25, 0.3) is 0 Å². The number of benzene rings is 1. The summed E-state index contributed by atoms with van der Waals surface area (Å²) in [4.78, 5) is 18.9. The number of hydrogen-bond acceptors (Lipinski definition) is 4. The van der Waals surface area contributed by atoms with Crippen LogP contribution in [0, 0.1) is 13.8 Å². The molecule has 1 amide bonds. The van der Waals surface area contributed by atoms with Crippen molar-refractivity contribution in [2.45, 2.75) is 58.8 Å². The van der Waals surface area contributed by atoms with Gasteiger partial charge in [-0.3, -0.25) is 9.89 Å². The molecular weight excluding hydrogens is 340 g/mol. The zero-order chi connectivity index (χ0) is 19.2. The second-order valence-corrected chi connectivity index (χ2v) is 7.32. The lowest BCUT2D eigenvalue weighted by atomic mass is 9.95. The van der Waals surface area contributed by atoms with Gasteiger partial charge in [0.05, 0.1) is 6.61 Å². The van der Waals surface area contributed by atoms with Gasteiger partial charge in [0, 0.05) is 25.4 Å². The van der Waals surface area contributed by atoms with Gasteiger partial charge < -0.3 is 9.64 Å². The van der Waals surface area contributed by atoms with Crippen molar-refractivity contribution in [3.63, 3.8) is 0 Å². The van der Waals surface area contributed by atoms with Crippen LogP contribution in [0.2, 0.25) is 0 Å². The minimum atomic E-state index is 0.266. The van der Waals surface area contributed by atoms with E-state index < -0.39 is 0 Å². The molecule has 146 valence electrons. The number of carbonyl (C=O) groups excluding carboxylic acids is 1.